The molecule has 1 aromatic carbocycles. The Bertz CT molecular complexity index is 396. The Kier molecular flexibility index (Phi) is 4.97. The normalized spacial score (nSPS) is 24.7. The summed E-state index contributed by atoms with van der Waals surface area (Å²) in [7, 11) is 1.82. The highest BCUT2D eigenvalue weighted by molar-refractivity contribution is 5.81. The van der Waals surface area contributed by atoms with Crippen molar-refractivity contribution in [3.63, 3.8) is 0 Å². The molecule has 1 aliphatic carbocycles. The highest BCUT2D eigenvalue weighted by atomic mass is 16.2. The molecule has 1 aliphatic rings. The minimum atomic E-state index is -0.105. The number of likely N-dealkylation sites (N-methyl/N-ethyl adjacent to an activating group) is 1. The van der Waals surface area contributed by atoms with Crippen molar-refractivity contribution in [1.82, 2.24) is 10.6 Å². The lowest BCUT2D eigenvalue weighted by Crippen LogP contribution is -2.46. The fourth-order valence-corrected chi connectivity index (χ4v) is 2.75. The predicted molar refractivity (Wildman–Crippen MR) is 78.1 cm³/mol. The minimum Gasteiger partial charge on any atom is -0.352 e. The van der Waals surface area contributed by atoms with Crippen LogP contribution in [0.25, 0.3) is 0 Å². The lowest BCUT2D eigenvalue weighted by atomic mass is 9.82. The molecule has 1 atom stereocenters. The Balaban J connectivity index is 1.81. The minimum absolute atomic E-state index is 0.105. The van der Waals surface area contributed by atoms with E-state index in [1.165, 1.54) is 18.4 Å². The van der Waals surface area contributed by atoms with Crippen LogP contribution < -0.4 is 10.6 Å². The summed E-state index contributed by atoms with van der Waals surface area (Å²) in [4.78, 5) is 11.8. The third-order valence-corrected chi connectivity index (χ3v) is 4.17. The largest absolute Gasteiger partial charge is 0.352 e. The number of carbonyl (C=O) groups excluding carboxylic acids is 1. The molecule has 1 unspecified atom stereocenters. The smallest absolute Gasteiger partial charge is 0.237 e. The quantitative estimate of drug-likeness (QED) is 0.873. The lowest BCUT2D eigenvalue weighted by molar-refractivity contribution is -0.123. The summed E-state index contributed by atoms with van der Waals surface area (Å²) < 4.78 is 0. The van der Waals surface area contributed by atoms with Crippen molar-refractivity contribution in [2.75, 3.05) is 7.05 Å². The standard InChI is InChI=1S/C16H24N2O/c1-12(17-2)16(19)18-15-10-8-14(9-11-15)13-6-4-3-5-7-13/h3-7,12,14-15,17H,8-11H2,1-2H3,(H,18,19). The maximum Gasteiger partial charge on any atom is 0.237 e. The summed E-state index contributed by atoms with van der Waals surface area (Å²) in [5.41, 5.74) is 1.44. The van der Waals surface area contributed by atoms with Gasteiger partial charge in [-0.1, -0.05) is 30.3 Å². The van der Waals surface area contributed by atoms with Crippen LogP contribution in [0.2, 0.25) is 0 Å². The van der Waals surface area contributed by atoms with Gasteiger partial charge in [-0.05, 0) is 51.1 Å². The third-order valence-electron chi connectivity index (χ3n) is 4.17. The molecule has 3 nitrogen and oxygen atoms in total. The molecule has 0 bridgehead atoms. The molecule has 3 heteroatoms. The zero-order chi connectivity index (χ0) is 13.7. The number of amides is 1. The van der Waals surface area contributed by atoms with Gasteiger partial charge in [-0.25, -0.2) is 0 Å². The molecule has 2 rings (SSSR count). The van der Waals surface area contributed by atoms with Gasteiger partial charge in [0.1, 0.15) is 0 Å². The first kappa shape index (κ1) is 14.1. The monoisotopic (exact) mass is 260 g/mol. The van der Waals surface area contributed by atoms with Gasteiger partial charge in [-0.3, -0.25) is 4.79 Å². The van der Waals surface area contributed by atoms with Gasteiger partial charge >= 0.3 is 0 Å². The van der Waals surface area contributed by atoms with Crippen LogP contribution in [-0.4, -0.2) is 25.0 Å². The summed E-state index contributed by atoms with van der Waals surface area (Å²) in [5, 5.41) is 6.12. The molecule has 1 saturated carbocycles. The van der Waals surface area contributed by atoms with Crippen LogP contribution in [0.1, 0.15) is 44.1 Å². The van der Waals surface area contributed by atoms with Crippen LogP contribution in [0.15, 0.2) is 30.3 Å². The van der Waals surface area contributed by atoms with Gasteiger partial charge in [0.05, 0.1) is 6.04 Å². The molecule has 0 saturated heterocycles. The Morgan fingerprint density at radius 1 is 1.16 bits per heavy atom. The number of nitrogens with one attached hydrogen (secondary N) is 2. The first-order valence-electron chi connectivity index (χ1n) is 7.23. The van der Waals surface area contributed by atoms with Crippen LogP contribution in [0.5, 0.6) is 0 Å². The summed E-state index contributed by atoms with van der Waals surface area (Å²) in [6.45, 7) is 1.89. The molecule has 19 heavy (non-hydrogen) atoms. The average Bonchev–Trinajstić information content (AvgIpc) is 2.48. The third kappa shape index (κ3) is 3.80. The van der Waals surface area contributed by atoms with E-state index in [9.17, 15) is 4.79 Å². The number of hydrogen-bond acceptors (Lipinski definition) is 2. The Hall–Kier alpha value is -1.35. The van der Waals surface area contributed by atoms with E-state index in [4.69, 9.17) is 0 Å². The SMILES string of the molecule is CNC(C)C(=O)NC1CCC(c2ccccc2)CC1. The summed E-state index contributed by atoms with van der Waals surface area (Å²) in [5.74, 6) is 0.779. The van der Waals surface area contributed by atoms with Crippen molar-refractivity contribution < 1.29 is 4.79 Å². The zero-order valence-corrected chi connectivity index (χ0v) is 11.9. The fraction of sp³-hybridized carbons (Fsp3) is 0.562. The van der Waals surface area contributed by atoms with Crippen molar-refractivity contribution in [3.8, 4) is 0 Å². The summed E-state index contributed by atoms with van der Waals surface area (Å²) in [6.07, 6.45) is 4.51. The molecule has 0 radical (unpaired) electrons. The molecule has 2 N–H and O–H groups in total. The highest BCUT2D eigenvalue weighted by Crippen LogP contribution is 2.32. The lowest BCUT2D eigenvalue weighted by Gasteiger charge is -2.30. The molecule has 104 valence electrons. The van der Waals surface area contributed by atoms with E-state index in [1.807, 2.05) is 14.0 Å². The van der Waals surface area contributed by atoms with Crippen LogP contribution in [0.3, 0.4) is 0 Å². The van der Waals surface area contributed by atoms with Crippen LogP contribution in [0, 0.1) is 0 Å². The molecule has 1 amide bonds. The molecule has 0 heterocycles. The second kappa shape index (κ2) is 6.71. The van der Waals surface area contributed by atoms with E-state index in [2.05, 4.69) is 41.0 Å². The van der Waals surface area contributed by atoms with Crippen LogP contribution in [0.4, 0.5) is 0 Å². The van der Waals surface area contributed by atoms with Gasteiger partial charge in [0.15, 0.2) is 0 Å². The predicted octanol–water partition coefficient (Wildman–Crippen LogP) is 2.44. The first-order chi connectivity index (χ1) is 9.20. The topological polar surface area (TPSA) is 41.1 Å². The van der Waals surface area contributed by atoms with Gasteiger partial charge < -0.3 is 10.6 Å². The number of carbonyl (C=O) groups is 1. The number of hydrogen-bond donors (Lipinski definition) is 2. The number of rotatable bonds is 4. The summed E-state index contributed by atoms with van der Waals surface area (Å²) >= 11 is 0. The molecular formula is C16H24N2O. The van der Waals surface area contributed by atoms with E-state index in [0.29, 0.717) is 12.0 Å². The molecule has 0 aliphatic heterocycles. The van der Waals surface area contributed by atoms with E-state index < -0.39 is 0 Å². The molecular weight excluding hydrogens is 236 g/mol. The van der Waals surface area contributed by atoms with Gasteiger partial charge in [-0.2, -0.15) is 0 Å². The first-order valence-corrected chi connectivity index (χ1v) is 7.23. The van der Waals surface area contributed by atoms with E-state index >= 15 is 0 Å². The van der Waals surface area contributed by atoms with Crippen molar-refractivity contribution in [3.05, 3.63) is 35.9 Å². The van der Waals surface area contributed by atoms with Crippen molar-refractivity contribution in [2.45, 2.75) is 50.6 Å². The van der Waals surface area contributed by atoms with E-state index in [1.54, 1.807) is 0 Å². The van der Waals surface area contributed by atoms with Crippen LogP contribution >= 0.6 is 0 Å². The van der Waals surface area contributed by atoms with Crippen molar-refractivity contribution in [2.24, 2.45) is 0 Å². The van der Waals surface area contributed by atoms with Crippen molar-refractivity contribution >= 4 is 5.91 Å². The summed E-state index contributed by atoms with van der Waals surface area (Å²) in [6, 6.07) is 11.0. The maximum atomic E-state index is 11.8. The number of benzene rings is 1. The van der Waals surface area contributed by atoms with E-state index in [0.717, 1.165) is 12.8 Å². The zero-order valence-electron chi connectivity index (χ0n) is 11.9. The fourth-order valence-electron chi connectivity index (χ4n) is 2.75. The Labute approximate surface area is 115 Å². The molecule has 0 spiro atoms. The Morgan fingerprint density at radius 3 is 2.37 bits per heavy atom. The highest BCUT2D eigenvalue weighted by Gasteiger charge is 2.24. The second-order valence-corrected chi connectivity index (χ2v) is 5.48. The second-order valence-electron chi connectivity index (χ2n) is 5.48. The van der Waals surface area contributed by atoms with Gasteiger partial charge in [0.25, 0.3) is 0 Å². The van der Waals surface area contributed by atoms with Crippen LogP contribution in [-0.2, 0) is 4.79 Å². The Morgan fingerprint density at radius 2 is 1.79 bits per heavy atom. The molecule has 0 aromatic heterocycles. The van der Waals surface area contributed by atoms with Crippen molar-refractivity contribution in [1.29, 1.82) is 0 Å². The van der Waals surface area contributed by atoms with E-state index in [-0.39, 0.29) is 11.9 Å². The van der Waals surface area contributed by atoms with Gasteiger partial charge in [0.2, 0.25) is 5.91 Å². The van der Waals surface area contributed by atoms with Gasteiger partial charge in [-0.15, -0.1) is 0 Å². The molecule has 1 fully saturated rings. The molecule has 1 aromatic rings. The average molecular weight is 260 g/mol. The maximum absolute atomic E-state index is 11.8. The van der Waals surface area contributed by atoms with Gasteiger partial charge in [0, 0.05) is 6.04 Å².